The molecule has 2 aromatic carbocycles. The zero-order chi connectivity index (χ0) is 24.2. The summed E-state index contributed by atoms with van der Waals surface area (Å²) in [4.78, 5) is 26.7. The van der Waals surface area contributed by atoms with E-state index in [0.717, 1.165) is 11.6 Å². The summed E-state index contributed by atoms with van der Waals surface area (Å²) in [6.07, 6.45) is 4.75. The predicted octanol–water partition coefficient (Wildman–Crippen LogP) is 3.41. The molecule has 0 saturated heterocycles. The van der Waals surface area contributed by atoms with E-state index in [9.17, 15) is 23.5 Å². The van der Waals surface area contributed by atoms with Gasteiger partial charge in [-0.2, -0.15) is 4.39 Å². The summed E-state index contributed by atoms with van der Waals surface area (Å²) in [5.41, 5.74) is 0.220. The third kappa shape index (κ3) is 4.63. The molecule has 0 saturated carbocycles. The van der Waals surface area contributed by atoms with E-state index >= 15 is 0 Å². The van der Waals surface area contributed by atoms with Crippen molar-refractivity contribution in [2.45, 2.75) is 19.5 Å². The summed E-state index contributed by atoms with van der Waals surface area (Å²) in [5.74, 6) is -3.39. The second kappa shape index (κ2) is 9.78. The van der Waals surface area contributed by atoms with E-state index < -0.39 is 34.8 Å². The largest absolute Gasteiger partial charge is 0.502 e. The van der Waals surface area contributed by atoms with Crippen molar-refractivity contribution in [1.82, 2.24) is 9.58 Å². The van der Waals surface area contributed by atoms with Gasteiger partial charge in [-0.3, -0.25) is 19.3 Å². The second-order valence-electron chi connectivity index (χ2n) is 7.82. The fraction of sp³-hybridized carbons (Fsp3) is 0.200. The van der Waals surface area contributed by atoms with Gasteiger partial charge in [-0.05, 0) is 30.7 Å². The number of aromatic nitrogens is 1. The topological polar surface area (TPSA) is 75.0 Å². The number of rotatable bonds is 7. The Morgan fingerprint density at radius 2 is 1.85 bits per heavy atom. The van der Waals surface area contributed by atoms with Crippen LogP contribution in [0.2, 0.25) is 0 Å². The van der Waals surface area contributed by atoms with Crippen LogP contribution < -0.4 is 15.2 Å². The van der Waals surface area contributed by atoms with Crippen LogP contribution in [0, 0.1) is 11.6 Å². The SMILES string of the molecule is C[C@@H](/C=C/COc1cccc(F)c1F)N1CN(Cc2ccccc2)n2ccc(=O)c(O)c2C1=O. The minimum Gasteiger partial charge on any atom is -0.502 e. The maximum Gasteiger partial charge on any atom is 0.278 e. The lowest BCUT2D eigenvalue weighted by Crippen LogP contribution is -2.55. The molecule has 1 N–H and O–H groups in total. The van der Waals surface area contributed by atoms with E-state index in [1.807, 2.05) is 35.3 Å². The van der Waals surface area contributed by atoms with Gasteiger partial charge < -0.3 is 14.7 Å². The molecule has 34 heavy (non-hydrogen) atoms. The van der Waals surface area contributed by atoms with Crippen LogP contribution in [-0.4, -0.2) is 39.9 Å². The van der Waals surface area contributed by atoms with Crippen molar-refractivity contribution in [2.24, 2.45) is 0 Å². The molecule has 9 heteroatoms. The molecule has 1 amide bonds. The number of hydrogen-bond donors (Lipinski definition) is 1. The Labute approximate surface area is 194 Å². The molecule has 176 valence electrons. The lowest BCUT2D eigenvalue weighted by molar-refractivity contribution is 0.0648. The van der Waals surface area contributed by atoms with E-state index in [4.69, 9.17) is 4.74 Å². The first-order valence-corrected chi connectivity index (χ1v) is 10.6. The van der Waals surface area contributed by atoms with Crippen LogP contribution in [-0.2, 0) is 6.54 Å². The fourth-order valence-electron chi connectivity index (χ4n) is 3.72. The summed E-state index contributed by atoms with van der Waals surface area (Å²) >= 11 is 0. The molecule has 3 aromatic rings. The maximum absolute atomic E-state index is 13.7. The lowest BCUT2D eigenvalue weighted by atomic mass is 10.2. The molecule has 0 unspecified atom stereocenters. The van der Waals surface area contributed by atoms with E-state index in [1.54, 1.807) is 19.1 Å². The summed E-state index contributed by atoms with van der Waals surface area (Å²) < 4.78 is 33.8. The molecule has 1 atom stereocenters. The molecule has 0 radical (unpaired) electrons. The van der Waals surface area contributed by atoms with Crippen LogP contribution >= 0.6 is 0 Å². The van der Waals surface area contributed by atoms with Gasteiger partial charge in [0.05, 0.1) is 6.54 Å². The number of aromatic hydroxyl groups is 1. The number of carbonyl (C=O) groups is 1. The van der Waals surface area contributed by atoms with E-state index in [1.165, 1.54) is 34.0 Å². The molecular formula is C25H23F2N3O4. The van der Waals surface area contributed by atoms with Crippen LogP contribution in [0.1, 0.15) is 23.0 Å². The Balaban J connectivity index is 1.54. The first-order chi connectivity index (χ1) is 16.4. The Morgan fingerprint density at radius 1 is 1.09 bits per heavy atom. The molecular weight excluding hydrogens is 444 g/mol. The van der Waals surface area contributed by atoms with Crippen molar-refractivity contribution in [3.63, 3.8) is 0 Å². The van der Waals surface area contributed by atoms with Gasteiger partial charge in [0, 0.05) is 18.3 Å². The van der Waals surface area contributed by atoms with Gasteiger partial charge in [-0.25, -0.2) is 4.39 Å². The van der Waals surface area contributed by atoms with Crippen LogP contribution in [0.25, 0.3) is 0 Å². The summed E-state index contributed by atoms with van der Waals surface area (Å²) in [6.45, 7) is 2.35. The van der Waals surface area contributed by atoms with Gasteiger partial charge in [-0.15, -0.1) is 0 Å². The Hall–Kier alpha value is -4.14. The van der Waals surface area contributed by atoms with Crippen molar-refractivity contribution in [3.8, 4) is 11.5 Å². The minimum absolute atomic E-state index is 0.0399. The van der Waals surface area contributed by atoms with Gasteiger partial charge in [0.25, 0.3) is 5.91 Å². The first kappa shape index (κ1) is 23.0. The van der Waals surface area contributed by atoms with Gasteiger partial charge in [0.2, 0.25) is 11.2 Å². The number of nitrogens with zero attached hydrogens (tertiary/aromatic N) is 3. The van der Waals surface area contributed by atoms with Crippen LogP contribution in [0.5, 0.6) is 11.5 Å². The molecule has 0 bridgehead atoms. The Bertz CT molecular complexity index is 1280. The third-order valence-electron chi connectivity index (χ3n) is 5.50. The van der Waals surface area contributed by atoms with E-state index in [2.05, 4.69) is 0 Å². The summed E-state index contributed by atoms with van der Waals surface area (Å²) in [6, 6.07) is 14.0. The Morgan fingerprint density at radius 3 is 2.62 bits per heavy atom. The highest BCUT2D eigenvalue weighted by Crippen LogP contribution is 2.23. The molecule has 7 nitrogen and oxygen atoms in total. The standard InChI is InChI=1S/C25H23F2N3O4/c1-17(7-6-14-34-21-11-5-10-19(26)22(21)27)29-16-28(15-18-8-3-2-4-9-18)30-13-12-20(31)24(32)23(30)25(29)33/h2-13,17,32H,14-16H2,1H3/b7-6+/t17-/m0/s1. The molecule has 1 aliphatic heterocycles. The predicted molar refractivity (Wildman–Crippen MR) is 122 cm³/mol. The lowest BCUT2D eigenvalue weighted by Gasteiger charge is -2.41. The average molecular weight is 467 g/mol. The summed E-state index contributed by atoms with van der Waals surface area (Å²) in [5, 5.41) is 12.2. The third-order valence-corrected chi connectivity index (χ3v) is 5.50. The van der Waals surface area contributed by atoms with Gasteiger partial charge >= 0.3 is 0 Å². The summed E-state index contributed by atoms with van der Waals surface area (Å²) in [7, 11) is 0. The number of hydrogen-bond acceptors (Lipinski definition) is 5. The Kier molecular flexibility index (Phi) is 6.62. The molecule has 1 aromatic heterocycles. The highest BCUT2D eigenvalue weighted by molar-refractivity contribution is 5.96. The maximum atomic E-state index is 13.7. The molecule has 0 aliphatic carbocycles. The van der Waals surface area contributed by atoms with Gasteiger partial charge in [0.1, 0.15) is 13.3 Å². The first-order valence-electron chi connectivity index (χ1n) is 10.6. The highest BCUT2D eigenvalue weighted by atomic mass is 19.2. The van der Waals surface area contributed by atoms with Gasteiger partial charge in [-0.1, -0.05) is 42.5 Å². The smallest absolute Gasteiger partial charge is 0.278 e. The number of ether oxygens (including phenoxy) is 1. The number of fused-ring (bicyclic) bond motifs is 1. The monoisotopic (exact) mass is 467 g/mol. The van der Waals surface area contributed by atoms with Crippen molar-refractivity contribution >= 4 is 5.91 Å². The fourth-order valence-corrected chi connectivity index (χ4v) is 3.72. The molecule has 0 spiro atoms. The van der Waals surface area contributed by atoms with Crippen molar-refractivity contribution in [2.75, 3.05) is 18.3 Å². The molecule has 1 aliphatic rings. The van der Waals surface area contributed by atoms with Crippen molar-refractivity contribution in [3.05, 3.63) is 106 Å². The van der Waals surface area contributed by atoms with Crippen LogP contribution in [0.3, 0.4) is 0 Å². The zero-order valence-corrected chi connectivity index (χ0v) is 18.4. The van der Waals surface area contributed by atoms with Crippen LogP contribution in [0.15, 0.2) is 77.7 Å². The quantitative estimate of drug-likeness (QED) is 0.539. The number of carbonyl (C=O) groups excluding carboxylic acids is 1. The highest BCUT2D eigenvalue weighted by Gasteiger charge is 2.34. The van der Waals surface area contributed by atoms with Crippen molar-refractivity contribution in [1.29, 1.82) is 0 Å². The molecule has 0 fully saturated rings. The molecule has 4 rings (SSSR count). The number of pyridine rings is 1. The minimum atomic E-state index is -1.07. The zero-order valence-electron chi connectivity index (χ0n) is 18.4. The van der Waals surface area contributed by atoms with E-state index in [0.29, 0.717) is 6.54 Å². The van der Waals surface area contributed by atoms with Crippen LogP contribution in [0.4, 0.5) is 8.78 Å². The second-order valence-corrected chi connectivity index (χ2v) is 7.82. The normalized spacial score (nSPS) is 14.4. The molecule has 2 heterocycles. The van der Waals surface area contributed by atoms with E-state index in [-0.39, 0.29) is 24.7 Å². The average Bonchev–Trinajstić information content (AvgIpc) is 2.83. The van der Waals surface area contributed by atoms with Crippen molar-refractivity contribution < 1.29 is 23.4 Å². The van der Waals surface area contributed by atoms with Gasteiger partial charge in [0.15, 0.2) is 23.0 Å². The number of amides is 1. The number of benzene rings is 2. The number of halogens is 2.